The van der Waals surface area contributed by atoms with Gasteiger partial charge in [0.05, 0.1) is 18.2 Å². The zero-order valence-corrected chi connectivity index (χ0v) is 19.2. The third kappa shape index (κ3) is 5.81. The molecule has 1 aromatic rings. The van der Waals surface area contributed by atoms with E-state index in [-0.39, 0.29) is 16.9 Å². The van der Waals surface area contributed by atoms with Crippen molar-refractivity contribution in [2.45, 2.75) is 57.9 Å². The predicted octanol–water partition coefficient (Wildman–Crippen LogP) is 0.469. The van der Waals surface area contributed by atoms with Gasteiger partial charge in [0, 0.05) is 27.7 Å². The molecule has 184 valence electrons. The van der Waals surface area contributed by atoms with Crippen LogP contribution in [-0.2, 0) is 48.6 Å². The van der Waals surface area contributed by atoms with E-state index in [0.717, 1.165) is 27.7 Å². The first-order valence-corrected chi connectivity index (χ1v) is 10.1. The van der Waals surface area contributed by atoms with E-state index in [2.05, 4.69) is 0 Å². The first-order valence-electron chi connectivity index (χ1n) is 10.1. The third-order valence-corrected chi connectivity index (χ3v) is 4.78. The summed E-state index contributed by atoms with van der Waals surface area (Å²) in [5.41, 5.74) is -0.132. The monoisotopic (exact) mass is 479 g/mol. The lowest BCUT2D eigenvalue weighted by Crippen LogP contribution is -2.66. The van der Waals surface area contributed by atoms with E-state index in [0.29, 0.717) is 0 Å². The Bertz CT molecular complexity index is 1000. The summed E-state index contributed by atoms with van der Waals surface area (Å²) in [4.78, 5) is 47.2. The first kappa shape index (κ1) is 26.6. The van der Waals surface area contributed by atoms with E-state index < -0.39 is 60.7 Å². The number of ether oxygens (including phenoxy) is 6. The number of methoxy groups -OCH3 is 1. The number of nitriles is 1. The lowest BCUT2D eigenvalue weighted by atomic mass is 9.86. The SMILES string of the molecule is COc1c(C#N)cccc1[C@]1(O)O[C@H](COC(C)=O)[C@@H](OC(C)=O)[C@H](OC(C)=O)[C@H]1OC(C)=O. The normalized spacial score (nSPS) is 25.9. The van der Waals surface area contributed by atoms with Crippen LogP contribution in [0.2, 0.25) is 0 Å². The summed E-state index contributed by atoms with van der Waals surface area (Å²) < 4.78 is 32.0. The number of nitrogens with zero attached hydrogens (tertiary/aromatic N) is 1. The molecule has 1 aromatic carbocycles. The van der Waals surface area contributed by atoms with Gasteiger partial charge in [-0.05, 0) is 12.1 Å². The van der Waals surface area contributed by atoms with Crippen LogP contribution in [0.3, 0.4) is 0 Å². The minimum absolute atomic E-state index is 0.0151. The van der Waals surface area contributed by atoms with Crippen LogP contribution in [0.1, 0.15) is 38.8 Å². The van der Waals surface area contributed by atoms with Crippen molar-refractivity contribution in [1.82, 2.24) is 0 Å². The van der Waals surface area contributed by atoms with Gasteiger partial charge in [-0.2, -0.15) is 5.26 Å². The van der Waals surface area contributed by atoms with Crippen molar-refractivity contribution in [1.29, 1.82) is 5.26 Å². The summed E-state index contributed by atoms with van der Waals surface area (Å²) in [6, 6.07) is 6.08. The minimum atomic E-state index is -2.59. The molecule has 0 aliphatic carbocycles. The van der Waals surface area contributed by atoms with Gasteiger partial charge in [-0.1, -0.05) is 6.07 Å². The molecule has 1 aliphatic heterocycles. The molecule has 5 atom stereocenters. The highest BCUT2D eigenvalue weighted by atomic mass is 16.7. The second-order valence-electron chi connectivity index (χ2n) is 7.33. The number of hydrogen-bond acceptors (Lipinski definition) is 12. The van der Waals surface area contributed by atoms with Crippen molar-refractivity contribution in [3.8, 4) is 11.8 Å². The number of rotatable bonds is 7. The molecule has 1 N–H and O–H groups in total. The maximum atomic E-state index is 12.0. The lowest BCUT2D eigenvalue weighted by molar-refractivity contribution is -0.360. The molecule has 0 amide bonds. The van der Waals surface area contributed by atoms with Crippen LogP contribution in [-0.4, -0.2) is 67.1 Å². The molecule has 0 aromatic heterocycles. The van der Waals surface area contributed by atoms with Gasteiger partial charge in [-0.25, -0.2) is 0 Å². The highest BCUT2D eigenvalue weighted by Gasteiger charge is 2.61. The maximum Gasteiger partial charge on any atom is 0.303 e. The molecule has 2 rings (SSSR count). The highest BCUT2D eigenvalue weighted by Crippen LogP contribution is 2.44. The Balaban J connectivity index is 2.77. The molecule has 34 heavy (non-hydrogen) atoms. The van der Waals surface area contributed by atoms with Gasteiger partial charge >= 0.3 is 23.9 Å². The molecule has 1 heterocycles. The molecule has 1 fully saturated rings. The molecule has 0 radical (unpaired) electrons. The van der Waals surface area contributed by atoms with E-state index >= 15 is 0 Å². The Morgan fingerprint density at radius 2 is 1.59 bits per heavy atom. The van der Waals surface area contributed by atoms with E-state index in [1.165, 1.54) is 25.3 Å². The smallest absolute Gasteiger partial charge is 0.303 e. The third-order valence-electron chi connectivity index (χ3n) is 4.78. The van der Waals surface area contributed by atoms with E-state index in [1.54, 1.807) is 0 Å². The molecular weight excluding hydrogens is 454 g/mol. The van der Waals surface area contributed by atoms with Gasteiger partial charge in [0.15, 0.2) is 12.2 Å². The molecule has 0 spiro atoms. The van der Waals surface area contributed by atoms with Crippen molar-refractivity contribution in [2.24, 2.45) is 0 Å². The van der Waals surface area contributed by atoms with Gasteiger partial charge in [0.25, 0.3) is 0 Å². The minimum Gasteiger partial charge on any atom is -0.495 e. The number of aliphatic hydroxyl groups is 1. The Hall–Kier alpha value is -3.69. The van der Waals surface area contributed by atoms with Crippen LogP contribution >= 0.6 is 0 Å². The average molecular weight is 479 g/mol. The Morgan fingerprint density at radius 1 is 1.00 bits per heavy atom. The number of benzene rings is 1. The van der Waals surface area contributed by atoms with E-state index in [4.69, 9.17) is 28.4 Å². The number of para-hydroxylation sites is 1. The van der Waals surface area contributed by atoms with Gasteiger partial charge in [0.2, 0.25) is 11.9 Å². The number of hydrogen-bond donors (Lipinski definition) is 1. The molecular formula is C22H25NO11. The Labute approximate surface area is 195 Å². The number of carbonyl (C=O) groups excluding carboxylic acids is 4. The zero-order chi connectivity index (χ0) is 25.6. The fraction of sp³-hybridized carbons (Fsp3) is 0.500. The average Bonchev–Trinajstić information content (AvgIpc) is 2.75. The summed E-state index contributed by atoms with van der Waals surface area (Å²) in [7, 11) is 1.24. The van der Waals surface area contributed by atoms with Crippen LogP contribution in [0.4, 0.5) is 0 Å². The summed E-state index contributed by atoms with van der Waals surface area (Å²) in [5, 5.41) is 21.2. The van der Waals surface area contributed by atoms with Gasteiger partial charge in [-0.3, -0.25) is 19.2 Å². The first-order chi connectivity index (χ1) is 15.9. The van der Waals surface area contributed by atoms with Gasteiger partial charge < -0.3 is 33.5 Å². The fourth-order valence-corrected chi connectivity index (χ4v) is 3.62. The van der Waals surface area contributed by atoms with Crippen LogP contribution in [0.5, 0.6) is 5.75 Å². The van der Waals surface area contributed by atoms with Gasteiger partial charge in [0.1, 0.15) is 24.5 Å². The summed E-state index contributed by atoms with van der Waals surface area (Å²) in [6.07, 6.45) is -6.21. The number of carbonyl (C=O) groups is 4. The second kappa shape index (κ2) is 11.0. The van der Waals surface area contributed by atoms with Crippen molar-refractivity contribution in [3.05, 3.63) is 29.3 Å². The molecule has 12 heteroatoms. The van der Waals surface area contributed by atoms with Gasteiger partial charge in [-0.15, -0.1) is 0 Å². The Kier molecular flexibility index (Phi) is 8.56. The van der Waals surface area contributed by atoms with E-state index in [1.807, 2.05) is 6.07 Å². The number of esters is 4. The quantitative estimate of drug-likeness (QED) is 0.424. The highest BCUT2D eigenvalue weighted by molar-refractivity contribution is 5.69. The van der Waals surface area contributed by atoms with Crippen molar-refractivity contribution in [3.63, 3.8) is 0 Å². The van der Waals surface area contributed by atoms with Crippen molar-refractivity contribution >= 4 is 23.9 Å². The predicted molar refractivity (Wildman–Crippen MR) is 110 cm³/mol. The fourth-order valence-electron chi connectivity index (χ4n) is 3.62. The van der Waals surface area contributed by atoms with Crippen molar-refractivity contribution < 1.29 is 52.7 Å². The standard InChI is InChI=1S/C22H25NO11/c1-11(24)30-10-17-19(31-12(2)25)20(32-13(3)26)21(33-14(4)27)22(28,34-17)16-8-6-7-15(9-23)18(16)29-5/h6-8,17,19-21,28H,10H2,1-5H3/t17-,19-,20+,21-,22+/m1/s1. The second-order valence-corrected chi connectivity index (χ2v) is 7.33. The topological polar surface area (TPSA) is 168 Å². The molecule has 0 bridgehead atoms. The molecule has 0 saturated carbocycles. The molecule has 0 unspecified atom stereocenters. The van der Waals surface area contributed by atoms with E-state index in [9.17, 15) is 29.5 Å². The van der Waals surface area contributed by atoms with Crippen LogP contribution in [0.15, 0.2) is 18.2 Å². The van der Waals surface area contributed by atoms with Crippen LogP contribution in [0, 0.1) is 11.3 Å². The summed E-state index contributed by atoms with van der Waals surface area (Å²) in [6.45, 7) is 3.78. The Morgan fingerprint density at radius 3 is 2.09 bits per heavy atom. The summed E-state index contributed by atoms with van der Waals surface area (Å²) in [5.74, 6) is -5.96. The lowest BCUT2D eigenvalue weighted by Gasteiger charge is -2.48. The largest absolute Gasteiger partial charge is 0.495 e. The maximum absolute atomic E-state index is 12.0. The van der Waals surface area contributed by atoms with Crippen LogP contribution in [0.25, 0.3) is 0 Å². The van der Waals surface area contributed by atoms with Crippen LogP contribution < -0.4 is 4.74 Å². The van der Waals surface area contributed by atoms with Crippen molar-refractivity contribution in [2.75, 3.05) is 13.7 Å². The molecule has 1 saturated heterocycles. The molecule has 1 aliphatic rings. The zero-order valence-electron chi connectivity index (χ0n) is 19.2. The summed E-state index contributed by atoms with van der Waals surface area (Å²) >= 11 is 0. The molecule has 12 nitrogen and oxygen atoms in total.